The molecule has 2 aromatic rings. The summed E-state index contributed by atoms with van der Waals surface area (Å²) in [4.78, 5) is 65.4. The Morgan fingerprint density at radius 1 is 1.03 bits per heavy atom. The maximum atomic E-state index is 13.2. The van der Waals surface area contributed by atoms with Gasteiger partial charge in [-0.1, -0.05) is 38.5 Å². The van der Waals surface area contributed by atoms with Crippen LogP contribution in [0.25, 0.3) is 10.9 Å². The van der Waals surface area contributed by atoms with Crippen molar-refractivity contribution >= 4 is 40.6 Å². The van der Waals surface area contributed by atoms with Crippen molar-refractivity contribution in [2.75, 3.05) is 6.54 Å². The van der Waals surface area contributed by atoms with Gasteiger partial charge in [0, 0.05) is 23.5 Å². The summed E-state index contributed by atoms with van der Waals surface area (Å²) >= 11 is 0. The highest BCUT2D eigenvalue weighted by atomic mass is 16.4. The molecule has 206 valence electrons. The van der Waals surface area contributed by atoms with Crippen LogP contribution in [0.1, 0.15) is 45.1 Å². The third-order valence-electron chi connectivity index (χ3n) is 6.90. The second-order valence-corrected chi connectivity index (χ2v) is 9.64. The Morgan fingerprint density at radius 2 is 1.74 bits per heavy atom. The third-order valence-corrected chi connectivity index (χ3v) is 6.90. The van der Waals surface area contributed by atoms with Crippen LogP contribution in [0.3, 0.4) is 0 Å². The van der Waals surface area contributed by atoms with Gasteiger partial charge in [-0.3, -0.25) is 19.2 Å². The average molecular weight is 530 g/mol. The highest BCUT2D eigenvalue weighted by molar-refractivity contribution is 5.96. The standard InChI is InChI=1S/C26H35N5O7/c1-3-14(2)22(31-23(34)18-9-6-10-27-18)25(36)29-19(12-21(32)33)24(35)30-20(26(37)38)11-15-13-28-17-8-5-4-7-16(15)17/h4-5,7-8,13-14,18-20,22,27-28H,3,6,9-12H2,1-2H3,(H,29,36)(H,30,35)(H,31,34)(H,32,33)(H,37,38). The van der Waals surface area contributed by atoms with Crippen molar-refractivity contribution < 1.29 is 34.2 Å². The van der Waals surface area contributed by atoms with E-state index in [1.165, 1.54) is 0 Å². The highest BCUT2D eigenvalue weighted by Gasteiger charge is 2.34. The molecule has 1 aliphatic rings. The summed E-state index contributed by atoms with van der Waals surface area (Å²) in [6, 6.07) is 2.96. The van der Waals surface area contributed by atoms with E-state index in [4.69, 9.17) is 0 Å². The van der Waals surface area contributed by atoms with Gasteiger partial charge in [0.2, 0.25) is 17.7 Å². The van der Waals surface area contributed by atoms with Gasteiger partial charge in [0.25, 0.3) is 0 Å². The maximum absolute atomic E-state index is 13.2. The molecule has 1 fully saturated rings. The van der Waals surface area contributed by atoms with Crippen LogP contribution in [0.2, 0.25) is 0 Å². The zero-order chi connectivity index (χ0) is 27.8. The number of H-pyrrole nitrogens is 1. The molecule has 5 unspecified atom stereocenters. The van der Waals surface area contributed by atoms with Crippen molar-refractivity contribution in [1.29, 1.82) is 0 Å². The smallest absolute Gasteiger partial charge is 0.326 e. The van der Waals surface area contributed by atoms with E-state index in [-0.39, 0.29) is 18.2 Å². The first-order valence-electron chi connectivity index (χ1n) is 12.7. The molecule has 38 heavy (non-hydrogen) atoms. The Balaban J connectivity index is 1.73. The van der Waals surface area contributed by atoms with Crippen LogP contribution in [0.5, 0.6) is 0 Å². The Bertz CT molecular complexity index is 1170. The molecule has 2 heterocycles. The summed E-state index contributed by atoms with van der Waals surface area (Å²) in [6.45, 7) is 4.30. The molecular weight excluding hydrogens is 494 g/mol. The summed E-state index contributed by atoms with van der Waals surface area (Å²) in [7, 11) is 0. The van der Waals surface area contributed by atoms with Gasteiger partial charge in [-0.2, -0.15) is 0 Å². The van der Waals surface area contributed by atoms with Crippen molar-refractivity contribution in [1.82, 2.24) is 26.3 Å². The largest absolute Gasteiger partial charge is 0.481 e. The molecule has 12 heteroatoms. The molecule has 1 saturated heterocycles. The van der Waals surface area contributed by atoms with Gasteiger partial charge >= 0.3 is 11.9 Å². The summed E-state index contributed by atoms with van der Waals surface area (Å²) in [6.07, 6.45) is 2.85. The molecule has 0 saturated carbocycles. The fourth-order valence-corrected chi connectivity index (χ4v) is 4.50. The quantitative estimate of drug-likeness (QED) is 0.195. The number of carboxylic acids is 2. The summed E-state index contributed by atoms with van der Waals surface area (Å²) in [5, 5.41) is 30.5. The van der Waals surface area contributed by atoms with Crippen LogP contribution in [0.4, 0.5) is 0 Å². The molecule has 1 aromatic heterocycles. The zero-order valence-electron chi connectivity index (χ0n) is 21.5. The van der Waals surface area contributed by atoms with Crippen LogP contribution >= 0.6 is 0 Å². The predicted octanol–water partition coefficient (Wildman–Crippen LogP) is 0.522. The Kier molecular flexibility index (Phi) is 9.83. The van der Waals surface area contributed by atoms with Gasteiger partial charge in [-0.05, 0) is 36.9 Å². The molecular formula is C26H35N5O7. The van der Waals surface area contributed by atoms with Gasteiger partial charge in [0.15, 0.2) is 0 Å². The second-order valence-electron chi connectivity index (χ2n) is 9.64. The van der Waals surface area contributed by atoms with Gasteiger partial charge in [0.1, 0.15) is 18.1 Å². The lowest BCUT2D eigenvalue weighted by Crippen LogP contribution is -2.59. The van der Waals surface area contributed by atoms with Gasteiger partial charge in [0.05, 0.1) is 12.5 Å². The molecule has 1 aliphatic heterocycles. The van der Waals surface area contributed by atoms with Crippen LogP contribution in [-0.2, 0) is 30.4 Å². The highest BCUT2D eigenvalue weighted by Crippen LogP contribution is 2.19. The number of aromatic amines is 1. The predicted molar refractivity (Wildman–Crippen MR) is 138 cm³/mol. The van der Waals surface area contributed by atoms with E-state index in [1.54, 1.807) is 13.1 Å². The number of benzene rings is 1. The summed E-state index contributed by atoms with van der Waals surface area (Å²) in [5.74, 6) is -4.96. The van der Waals surface area contributed by atoms with Gasteiger partial charge < -0.3 is 36.5 Å². The lowest BCUT2D eigenvalue weighted by atomic mass is 9.97. The second kappa shape index (κ2) is 13.0. The van der Waals surface area contributed by atoms with E-state index in [1.807, 2.05) is 31.2 Å². The van der Waals surface area contributed by atoms with Crippen molar-refractivity contribution in [3.63, 3.8) is 0 Å². The number of para-hydroxylation sites is 1. The molecule has 0 aliphatic carbocycles. The topological polar surface area (TPSA) is 190 Å². The van der Waals surface area contributed by atoms with Gasteiger partial charge in [-0.25, -0.2) is 4.79 Å². The summed E-state index contributed by atoms with van der Waals surface area (Å²) < 4.78 is 0. The normalized spacial score (nSPS) is 18.2. The minimum absolute atomic E-state index is 0.0568. The van der Waals surface area contributed by atoms with Crippen molar-refractivity contribution in [2.24, 2.45) is 5.92 Å². The fraction of sp³-hybridized carbons (Fsp3) is 0.500. The molecule has 3 rings (SSSR count). The molecule has 0 radical (unpaired) electrons. The fourth-order valence-electron chi connectivity index (χ4n) is 4.50. The number of carbonyl (C=O) groups is 5. The van der Waals surface area contributed by atoms with E-state index in [2.05, 4.69) is 26.3 Å². The molecule has 7 N–H and O–H groups in total. The monoisotopic (exact) mass is 529 g/mol. The number of carbonyl (C=O) groups excluding carboxylic acids is 3. The van der Waals surface area contributed by atoms with E-state index >= 15 is 0 Å². The number of aliphatic carboxylic acids is 2. The van der Waals surface area contributed by atoms with Crippen LogP contribution in [-0.4, -0.2) is 75.6 Å². The number of hydrogen-bond donors (Lipinski definition) is 7. The van der Waals surface area contributed by atoms with E-state index in [0.29, 0.717) is 24.9 Å². The minimum atomic E-state index is -1.54. The number of amides is 3. The lowest BCUT2D eigenvalue weighted by molar-refractivity contribution is -0.143. The number of hydrogen-bond acceptors (Lipinski definition) is 6. The SMILES string of the molecule is CCC(C)C(NC(=O)C1CCCN1)C(=O)NC(CC(=O)O)C(=O)NC(Cc1c[nH]c2ccccc12)C(=O)O. The Labute approximate surface area is 219 Å². The van der Waals surface area contributed by atoms with Crippen LogP contribution in [0, 0.1) is 5.92 Å². The first-order valence-corrected chi connectivity index (χ1v) is 12.7. The zero-order valence-corrected chi connectivity index (χ0v) is 21.5. The maximum Gasteiger partial charge on any atom is 0.326 e. The molecule has 3 amide bonds. The van der Waals surface area contributed by atoms with Crippen molar-refractivity contribution in [3.05, 3.63) is 36.0 Å². The number of fused-ring (bicyclic) bond motifs is 1. The Hall–Kier alpha value is -3.93. The first kappa shape index (κ1) is 28.6. The van der Waals surface area contributed by atoms with E-state index < -0.39 is 54.3 Å². The first-order chi connectivity index (χ1) is 18.1. The number of aromatic nitrogens is 1. The van der Waals surface area contributed by atoms with Crippen molar-refractivity contribution in [3.8, 4) is 0 Å². The van der Waals surface area contributed by atoms with Crippen LogP contribution in [0.15, 0.2) is 30.5 Å². The third kappa shape index (κ3) is 7.31. The number of carboxylic acid groups (broad SMARTS) is 2. The molecule has 12 nitrogen and oxygen atoms in total. The lowest BCUT2D eigenvalue weighted by Gasteiger charge is -2.27. The van der Waals surface area contributed by atoms with Crippen LogP contribution < -0.4 is 21.3 Å². The minimum Gasteiger partial charge on any atom is -0.481 e. The molecule has 0 spiro atoms. The average Bonchev–Trinajstić information content (AvgIpc) is 3.56. The van der Waals surface area contributed by atoms with Crippen molar-refractivity contribution in [2.45, 2.75) is 70.1 Å². The summed E-state index contributed by atoms with van der Waals surface area (Å²) in [5.41, 5.74) is 1.46. The number of rotatable bonds is 13. The van der Waals surface area contributed by atoms with E-state index in [9.17, 15) is 34.2 Å². The number of nitrogens with one attached hydrogen (secondary N) is 5. The van der Waals surface area contributed by atoms with Gasteiger partial charge in [-0.15, -0.1) is 0 Å². The Morgan fingerprint density at radius 3 is 2.37 bits per heavy atom. The van der Waals surface area contributed by atoms with E-state index in [0.717, 1.165) is 17.3 Å². The molecule has 0 bridgehead atoms. The molecule has 1 aromatic carbocycles. The molecule has 5 atom stereocenters.